The SMILES string of the molecule is COCC1CC(NCc2ccc(OC(F)(F)F)cc2)C(O)C1O. The number of aliphatic hydroxyl groups excluding tert-OH is 2. The fourth-order valence-corrected chi connectivity index (χ4v) is 2.76. The van der Waals surface area contributed by atoms with Gasteiger partial charge in [-0.05, 0) is 24.1 Å². The van der Waals surface area contributed by atoms with Crippen LogP contribution in [0.25, 0.3) is 0 Å². The number of alkyl halides is 3. The first kappa shape index (κ1) is 18.0. The Balaban J connectivity index is 1.86. The molecule has 8 heteroatoms. The minimum Gasteiger partial charge on any atom is -0.406 e. The summed E-state index contributed by atoms with van der Waals surface area (Å²) in [6, 6.07) is 5.20. The number of aliphatic hydroxyl groups is 2. The molecule has 3 N–H and O–H groups in total. The highest BCUT2D eigenvalue weighted by Gasteiger charge is 2.40. The number of halogens is 3. The van der Waals surface area contributed by atoms with Gasteiger partial charge < -0.3 is 25.0 Å². The van der Waals surface area contributed by atoms with Crippen molar-refractivity contribution in [1.82, 2.24) is 5.32 Å². The van der Waals surface area contributed by atoms with Crippen LogP contribution in [0.15, 0.2) is 24.3 Å². The molecule has 0 saturated heterocycles. The zero-order chi connectivity index (χ0) is 17.0. The van der Waals surface area contributed by atoms with E-state index >= 15 is 0 Å². The number of benzene rings is 1. The van der Waals surface area contributed by atoms with Crippen LogP contribution in [-0.4, -0.2) is 48.5 Å². The third-order valence-corrected chi connectivity index (χ3v) is 3.91. The lowest BCUT2D eigenvalue weighted by molar-refractivity contribution is -0.274. The quantitative estimate of drug-likeness (QED) is 0.734. The summed E-state index contributed by atoms with van der Waals surface area (Å²) in [6.45, 7) is 0.723. The van der Waals surface area contributed by atoms with Gasteiger partial charge in [0.05, 0.1) is 18.8 Å². The van der Waals surface area contributed by atoms with Gasteiger partial charge in [-0.15, -0.1) is 13.2 Å². The second-order valence-corrected chi connectivity index (χ2v) is 5.61. The maximum Gasteiger partial charge on any atom is 0.573 e. The van der Waals surface area contributed by atoms with Crippen LogP contribution in [0, 0.1) is 5.92 Å². The molecule has 130 valence electrons. The summed E-state index contributed by atoms with van der Waals surface area (Å²) >= 11 is 0. The number of nitrogens with one attached hydrogen (secondary N) is 1. The Bertz CT molecular complexity index is 494. The van der Waals surface area contributed by atoms with E-state index in [9.17, 15) is 23.4 Å². The maximum atomic E-state index is 12.1. The first-order valence-corrected chi connectivity index (χ1v) is 7.23. The van der Waals surface area contributed by atoms with Crippen LogP contribution in [0.4, 0.5) is 13.2 Å². The van der Waals surface area contributed by atoms with Crippen LogP contribution < -0.4 is 10.1 Å². The molecule has 0 aliphatic heterocycles. The zero-order valence-corrected chi connectivity index (χ0v) is 12.6. The lowest BCUT2D eigenvalue weighted by Crippen LogP contribution is -2.39. The zero-order valence-electron chi connectivity index (χ0n) is 12.6. The van der Waals surface area contributed by atoms with Gasteiger partial charge in [-0.3, -0.25) is 0 Å². The Morgan fingerprint density at radius 1 is 1.17 bits per heavy atom. The van der Waals surface area contributed by atoms with E-state index in [2.05, 4.69) is 10.1 Å². The average Bonchev–Trinajstić information content (AvgIpc) is 2.74. The van der Waals surface area contributed by atoms with Crippen molar-refractivity contribution in [1.29, 1.82) is 0 Å². The first-order valence-electron chi connectivity index (χ1n) is 7.23. The largest absolute Gasteiger partial charge is 0.573 e. The van der Waals surface area contributed by atoms with Crippen LogP contribution in [0.2, 0.25) is 0 Å². The molecule has 5 nitrogen and oxygen atoms in total. The van der Waals surface area contributed by atoms with Crippen molar-refractivity contribution in [3.8, 4) is 5.75 Å². The highest BCUT2D eigenvalue weighted by molar-refractivity contribution is 5.27. The lowest BCUT2D eigenvalue weighted by atomic mass is 10.1. The molecule has 4 unspecified atom stereocenters. The molecule has 0 bridgehead atoms. The van der Waals surface area contributed by atoms with Gasteiger partial charge in [-0.25, -0.2) is 0 Å². The van der Waals surface area contributed by atoms with E-state index in [4.69, 9.17) is 4.74 Å². The second-order valence-electron chi connectivity index (χ2n) is 5.61. The Kier molecular flexibility index (Phi) is 5.85. The Morgan fingerprint density at radius 2 is 1.83 bits per heavy atom. The summed E-state index contributed by atoms with van der Waals surface area (Å²) < 4.78 is 45.0. The predicted octanol–water partition coefficient (Wildman–Crippen LogP) is 1.43. The molecule has 1 fully saturated rings. The van der Waals surface area contributed by atoms with Crippen molar-refractivity contribution >= 4 is 0 Å². The molecule has 2 rings (SSSR count). The van der Waals surface area contributed by atoms with Crippen molar-refractivity contribution in [3.05, 3.63) is 29.8 Å². The summed E-state index contributed by atoms with van der Waals surface area (Å²) in [5.74, 6) is -0.423. The third kappa shape index (κ3) is 5.07. The molecule has 1 aliphatic carbocycles. The van der Waals surface area contributed by atoms with Gasteiger partial charge in [0, 0.05) is 25.6 Å². The molecule has 1 aliphatic rings. The Hall–Kier alpha value is -1.35. The molecule has 4 atom stereocenters. The van der Waals surface area contributed by atoms with Gasteiger partial charge >= 0.3 is 6.36 Å². The number of hydrogen-bond acceptors (Lipinski definition) is 5. The number of methoxy groups -OCH3 is 1. The van der Waals surface area contributed by atoms with Gasteiger partial charge in [0.2, 0.25) is 0 Å². The topological polar surface area (TPSA) is 71.0 Å². The summed E-state index contributed by atoms with van der Waals surface area (Å²) in [4.78, 5) is 0. The molecule has 1 saturated carbocycles. The monoisotopic (exact) mass is 335 g/mol. The smallest absolute Gasteiger partial charge is 0.406 e. The van der Waals surface area contributed by atoms with Gasteiger partial charge in [0.15, 0.2) is 0 Å². The Labute approximate surface area is 132 Å². The minimum absolute atomic E-state index is 0.143. The summed E-state index contributed by atoms with van der Waals surface area (Å²) in [7, 11) is 1.53. The van der Waals surface area contributed by atoms with Gasteiger partial charge in [-0.2, -0.15) is 0 Å². The summed E-state index contributed by atoms with van der Waals surface area (Å²) in [5, 5.41) is 23.0. The summed E-state index contributed by atoms with van der Waals surface area (Å²) in [6.07, 6.45) is -5.90. The molecule has 23 heavy (non-hydrogen) atoms. The number of rotatable bonds is 6. The predicted molar refractivity (Wildman–Crippen MR) is 75.7 cm³/mol. The molecule has 0 heterocycles. The highest BCUT2D eigenvalue weighted by atomic mass is 19.4. The van der Waals surface area contributed by atoms with Crippen LogP contribution in [0.3, 0.4) is 0 Å². The van der Waals surface area contributed by atoms with Crippen molar-refractivity contribution in [2.45, 2.75) is 37.6 Å². The van der Waals surface area contributed by atoms with Crippen molar-refractivity contribution in [2.24, 2.45) is 5.92 Å². The van der Waals surface area contributed by atoms with E-state index in [0.717, 1.165) is 5.56 Å². The minimum atomic E-state index is -4.71. The highest BCUT2D eigenvalue weighted by Crippen LogP contribution is 2.27. The van der Waals surface area contributed by atoms with E-state index < -0.39 is 18.6 Å². The summed E-state index contributed by atoms with van der Waals surface area (Å²) in [5.41, 5.74) is 0.747. The van der Waals surface area contributed by atoms with Gasteiger partial charge in [-0.1, -0.05) is 12.1 Å². The third-order valence-electron chi connectivity index (χ3n) is 3.91. The fourth-order valence-electron chi connectivity index (χ4n) is 2.76. The van der Waals surface area contributed by atoms with Crippen molar-refractivity contribution < 1.29 is 32.9 Å². The molecular weight excluding hydrogens is 315 g/mol. The van der Waals surface area contributed by atoms with Crippen LogP contribution in [0.1, 0.15) is 12.0 Å². The second kappa shape index (κ2) is 7.48. The van der Waals surface area contributed by atoms with E-state index in [1.807, 2.05) is 0 Å². The van der Waals surface area contributed by atoms with Crippen LogP contribution in [0.5, 0.6) is 5.75 Å². The average molecular weight is 335 g/mol. The Morgan fingerprint density at radius 3 is 2.39 bits per heavy atom. The van der Waals surface area contributed by atoms with E-state index in [0.29, 0.717) is 19.6 Å². The molecule has 0 radical (unpaired) electrons. The number of ether oxygens (including phenoxy) is 2. The van der Waals surface area contributed by atoms with Gasteiger partial charge in [0.1, 0.15) is 5.75 Å². The molecule has 0 aromatic heterocycles. The normalized spacial score (nSPS) is 28.1. The van der Waals surface area contributed by atoms with E-state index in [-0.39, 0.29) is 17.7 Å². The molecule has 1 aromatic rings. The fraction of sp³-hybridized carbons (Fsp3) is 0.600. The molecule has 0 spiro atoms. The first-order chi connectivity index (χ1) is 10.8. The molecule has 1 aromatic carbocycles. The number of hydrogen-bond donors (Lipinski definition) is 3. The molecular formula is C15H20F3NO4. The van der Waals surface area contributed by atoms with E-state index in [1.165, 1.54) is 31.4 Å². The maximum absolute atomic E-state index is 12.1. The van der Waals surface area contributed by atoms with Crippen molar-refractivity contribution in [2.75, 3.05) is 13.7 Å². The van der Waals surface area contributed by atoms with Crippen LogP contribution >= 0.6 is 0 Å². The standard InChI is InChI=1S/C15H20F3NO4/c1-22-8-10-6-12(14(21)13(10)20)19-7-9-2-4-11(5-3-9)23-15(16,17)18/h2-5,10,12-14,19-21H,6-8H2,1H3. The van der Waals surface area contributed by atoms with Gasteiger partial charge in [0.25, 0.3) is 0 Å². The van der Waals surface area contributed by atoms with E-state index in [1.54, 1.807) is 0 Å². The van der Waals surface area contributed by atoms with Crippen LogP contribution in [-0.2, 0) is 11.3 Å². The van der Waals surface area contributed by atoms with Crippen molar-refractivity contribution in [3.63, 3.8) is 0 Å². The molecule has 0 amide bonds. The lowest BCUT2D eigenvalue weighted by Gasteiger charge is -2.18.